The molecule has 0 aliphatic carbocycles. The van der Waals surface area contributed by atoms with Gasteiger partial charge in [-0.3, -0.25) is 0 Å². The molecule has 0 aliphatic heterocycles. The predicted molar refractivity (Wildman–Crippen MR) is 357 cm³/mol. The molecule has 0 spiro atoms. The molecule has 5 heteroatoms. The third kappa shape index (κ3) is 8.05. The average Bonchev–Trinajstić information content (AvgIpc) is 1.30. The second kappa shape index (κ2) is 20.1. The number of hydrogen-bond acceptors (Lipinski definition) is 4. The normalized spacial score (nSPS) is 11.7. The van der Waals surface area contributed by atoms with E-state index in [1.165, 1.54) is 54.2 Å². The second-order valence-electron chi connectivity index (χ2n) is 22.1. The molecular formula is C81H50N4O. The first-order valence-electron chi connectivity index (χ1n) is 29.2. The lowest BCUT2D eigenvalue weighted by Crippen LogP contribution is -2.01. The van der Waals surface area contributed by atoms with Gasteiger partial charge in [0.1, 0.15) is 11.2 Å². The standard InChI is InChI=1S/C81H50N4O/c1-5-21-51(22-6-1)75-73(53-37-39-57(40-38-53)81-83-79(55-25-9-3-10-26-55)82-80(84-81)56-27-11-4-12-28-56)74(76(52-23-7-2-8-24-52)78-66-34-16-14-30-62(66)61-29-13-15-33-65(61)77(75)78)54-41-45-60(46-42-54)85-69-35-19-17-31-63(69)67-49-58(43-47-70(67)85)59-44-48-72-68(50-59)64-32-18-20-36-71(64)86-72/h1-50H. The molecule has 400 valence electrons. The molecule has 86 heavy (non-hydrogen) atoms. The van der Waals surface area contributed by atoms with E-state index in [0.717, 1.165) is 99.9 Å². The molecule has 0 N–H and O–H groups in total. The minimum Gasteiger partial charge on any atom is -0.456 e. The van der Waals surface area contributed by atoms with E-state index in [1.807, 2.05) is 48.5 Å². The van der Waals surface area contributed by atoms with Crippen molar-refractivity contribution < 1.29 is 4.42 Å². The lowest BCUT2D eigenvalue weighted by Gasteiger charge is -2.26. The molecule has 17 rings (SSSR count). The molecule has 0 radical (unpaired) electrons. The Balaban J connectivity index is 0.910. The molecule has 0 atom stereocenters. The highest BCUT2D eigenvalue weighted by Gasteiger charge is 2.28. The number of aromatic nitrogens is 4. The minimum atomic E-state index is 0.607. The summed E-state index contributed by atoms with van der Waals surface area (Å²) in [6.45, 7) is 0. The van der Waals surface area contributed by atoms with Gasteiger partial charge in [0.05, 0.1) is 11.0 Å². The van der Waals surface area contributed by atoms with Crippen LogP contribution in [0.4, 0.5) is 0 Å². The Morgan fingerprint density at radius 1 is 0.221 bits per heavy atom. The zero-order chi connectivity index (χ0) is 56.7. The molecule has 0 saturated carbocycles. The van der Waals surface area contributed by atoms with Crippen molar-refractivity contribution in [2.24, 2.45) is 0 Å². The van der Waals surface area contributed by atoms with Crippen molar-refractivity contribution in [1.82, 2.24) is 19.5 Å². The summed E-state index contributed by atoms with van der Waals surface area (Å²) >= 11 is 0. The summed E-state index contributed by atoms with van der Waals surface area (Å²) in [7, 11) is 0. The van der Waals surface area contributed by atoms with Crippen molar-refractivity contribution in [2.45, 2.75) is 0 Å². The summed E-state index contributed by atoms with van der Waals surface area (Å²) < 4.78 is 8.66. The van der Waals surface area contributed by atoms with E-state index in [9.17, 15) is 0 Å². The summed E-state index contributed by atoms with van der Waals surface area (Å²) in [5.41, 5.74) is 19.3. The van der Waals surface area contributed by atoms with E-state index in [2.05, 4.69) is 259 Å². The molecule has 5 nitrogen and oxygen atoms in total. The van der Waals surface area contributed by atoms with Crippen molar-refractivity contribution in [1.29, 1.82) is 0 Å². The van der Waals surface area contributed by atoms with Crippen LogP contribution in [0.2, 0.25) is 0 Å². The Hall–Kier alpha value is -11.5. The second-order valence-corrected chi connectivity index (χ2v) is 22.1. The first-order valence-corrected chi connectivity index (χ1v) is 29.2. The minimum absolute atomic E-state index is 0.607. The van der Waals surface area contributed by atoms with Gasteiger partial charge in [0.15, 0.2) is 17.5 Å². The molecule has 0 aliphatic rings. The molecule has 0 bridgehead atoms. The lowest BCUT2D eigenvalue weighted by molar-refractivity contribution is 0.669. The van der Waals surface area contributed by atoms with Gasteiger partial charge in [-0.25, -0.2) is 15.0 Å². The van der Waals surface area contributed by atoms with Crippen molar-refractivity contribution in [3.63, 3.8) is 0 Å². The fraction of sp³-hybridized carbons (Fsp3) is 0. The molecule has 14 aromatic carbocycles. The molecule has 0 unspecified atom stereocenters. The quantitative estimate of drug-likeness (QED) is 0.135. The van der Waals surface area contributed by atoms with E-state index in [-0.39, 0.29) is 0 Å². The third-order valence-electron chi connectivity index (χ3n) is 17.2. The SMILES string of the molecule is c1ccc(-c2nc(-c3ccccc3)nc(-c3ccc(-c4c(-c5ccc(-n6c7ccccc7c7cc(-c8ccc9oc%10ccccc%10c9c8)ccc76)cc5)c(-c5ccccc5)c5c6ccccc6c6ccccc6c5c4-c4ccccc4)cc3)n2)cc1. The molecule has 0 saturated heterocycles. The number of fused-ring (bicyclic) bond motifs is 12. The van der Waals surface area contributed by atoms with Gasteiger partial charge >= 0.3 is 0 Å². The van der Waals surface area contributed by atoms with Gasteiger partial charge in [-0.05, 0) is 136 Å². The molecule has 3 aromatic heterocycles. The van der Waals surface area contributed by atoms with E-state index < -0.39 is 0 Å². The number of furan rings is 1. The smallest absolute Gasteiger partial charge is 0.164 e. The molecule has 3 heterocycles. The van der Waals surface area contributed by atoms with Gasteiger partial charge in [0.2, 0.25) is 0 Å². The van der Waals surface area contributed by atoms with Gasteiger partial charge in [-0.1, -0.05) is 255 Å². The predicted octanol–water partition coefficient (Wildman–Crippen LogP) is 21.7. The fourth-order valence-electron chi connectivity index (χ4n) is 13.4. The highest BCUT2D eigenvalue weighted by atomic mass is 16.3. The largest absolute Gasteiger partial charge is 0.456 e. The summed E-state index contributed by atoms with van der Waals surface area (Å²) in [4.78, 5) is 15.4. The van der Waals surface area contributed by atoms with Crippen LogP contribution in [0.5, 0.6) is 0 Å². The van der Waals surface area contributed by atoms with Crippen molar-refractivity contribution >= 4 is 76.1 Å². The Morgan fingerprint density at radius 2 is 0.570 bits per heavy atom. The Labute approximate surface area is 496 Å². The Bertz CT molecular complexity index is 5420. The monoisotopic (exact) mass is 1090 g/mol. The molecule has 17 aromatic rings. The average molecular weight is 1100 g/mol. The number of hydrogen-bond donors (Lipinski definition) is 0. The van der Waals surface area contributed by atoms with E-state index in [0.29, 0.717) is 17.5 Å². The maximum absolute atomic E-state index is 6.24. The van der Waals surface area contributed by atoms with E-state index in [4.69, 9.17) is 19.4 Å². The summed E-state index contributed by atoms with van der Waals surface area (Å²) in [5.74, 6) is 1.86. The van der Waals surface area contributed by atoms with Gasteiger partial charge in [0, 0.05) is 43.9 Å². The third-order valence-corrected chi connectivity index (χ3v) is 17.2. The van der Waals surface area contributed by atoms with Crippen molar-refractivity contribution in [3.8, 4) is 95.5 Å². The molecular weight excluding hydrogens is 1040 g/mol. The maximum Gasteiger partial charge on any atom is 0.164 e. The number of rotatable bonds is 9. The Morgan fingerprint density at radius 3 is 1.10 bits per heavy atom. The van der Waals surface area contributed by atoms with Crippen LogP contribution in [0.15, 0.2) is 308 Å². The van der Waals surface area contributed by atoms with Crippen molar-refractivity contribution in [2.75, 3.05) is 0 Å². The van der Waals surface area contributed by atoms with Crippen LogP contribution in [0.25, 0.3) is 172 Å². The van der Waals surface area contributed by atoms with Crippen molar-refractivity contribution in [3.05, 3.63) is 303 Å². The molecule has 0 amide bonds. The Kier molecular flexibility index (Phi) is 11.5. The van der Waals surface area contributed by atoms with Crippen LogP contribution in [0.3, 0.4) is 0 Å². The molecule has 0 fully saturated rings. The van der Waals surface area contributed by atoms with E-state index in [1.54, 1.807) is 0 Å². The number of benzene rings is 14. The highest BCUT2D eigenvalue weighted by molar-refractivity contribution is 6.35. The zero-order valence-corrected chi connectivity index (χ0v) is 46.6. The van der Waals surface area contributed by atoms with Crippen LogP contribution in [0, 0.1) is 0 Å². The van der Waals surface area contributed by atoms with Crippen LogP contribution in [0.1, 0.15) is 0 Å². The topological polar surface area (TPSA) is 56.7 Å². The summed E-state index contributed by atoms with van der Waals surface area (Å²) in [6.07, 6.45) is 0. The van der Waals surface area contributed by atoms with Crippen LogP contribution >= 0.6 is 0 Å². The van der Waals surface area contributed by atoms with Gasteiger partial charge < -0.3 is 8.98 Å². The van der Waals surface area contributed by atoms with Gasteiger partial charge in [0.25, 0.3) is 0 Å². The maximum atomic E-state index is 6.24. The summed E-state index contributed by atoms with van der Waals surface area (Å²) in [6, 6.07) is 109. The number of para-hydroxylation sites is 2. The lowest BCUT2D eigenvalue weighted by atomic mass is 9.76. The fourth-order valence-corrected chi connectivity index (χ4v) is 13.4. The highest BCUT2D eigenvalue weighted by Crippen LogP contribution is 2.55. The van der Waals surface area contributed by atoms with E-state index >= 15 is 0 Å². The van der Waals surface area contributed by atoms with Crippen LogP contribution in [-0.4, -0.2) is 19.5 Å². The first kappa shape index (κ1) is 49.1. The van der Waals surface area contributed by atoms with Gasteiger partial charge in [-0.2, -0.15) is 0 Å². The van der Waals surface area contributed by atoms with Crippen LogP contribution in [-0.2, 0) is 0 Å². The first-order chi connectivity index (χ1) is 42.7. The van der Waals surface area contributed by atoms with Gasteiger partial charge in [-0.15, -0.1) is 0 Å². The van der Waals surface area contributed by atoms with Crippen LogP contribution < -0.4 is 0 Å². The summed E-state index contributed by atoms with van der Waals surface area (Å²) in [5, 5.41) is 11.9. The number of nitrogens with zero attached hydrogens (tertiary/aromatic N) is 4. The zero-order valence-electron chi connectivity index (χ0n) is 46.6.